The highest BCUT2D eigenvalue weighted by Crippen LogP contribution is 2.28. The lowest BCUT2D eigenvalue weighted by Crippen LogP contribution is -2.36. The van der Waals surface area contributed by atoms with Gasteiger partial charge >= 0.3 is 0 Å². The van der Waals surface area contributed by atoms with Crippen LogP contribution in [0.5, 0.6) is 0 Å². The number of anilines is 2. The number of nitrogens with two attached hydrogens (primary N) is 1. The summed E-state index contributed by atoms with van der Waals surface area (Å²) in [6, 6.07) is 9.39. The molecule has 0 atom stereocenters. The molecule has 0 fully saturated rings. The van der Waals surface area contributed by atoms with Crippen molar-refractivity contribution in [1.29, 1.82) is 0 Å². The molecule has 1 amide bonds. The smallest absolute Gasteiger partial charge is 0.278 e. The highest BCUT2D eigenvalue weighted by atomic mass is 16.2. The molecule has 0 radical (unpaired) electrons. The van der Waals surface area contributed by atoms with E-state index in [1.54, 1.807) is 17.0 Å². The van der Waals surface area contributed by atoms with E-state index in [2.05, 4.69) is 23.2 Å². The second kappa shape index (κ2) is 4.92. The van der Waals surface area contributed by atoms with Crippen LogP contribution in [0.2, 0.25) is 0 Å². The van der Waals surface area contributed by atoms with Gasteiger partial charge in [0, 0.05) is 12.2 Å². The first-order valence-electron chi connectivity index (χ1n) is 6.66. The third-order valence-electron chi connectivity index (χ3n) is 3.50. The van der Waals surface area contributed by atoms with Gasteiger partial charge in [-0.2, -0.15) is 0 Å². The van der Waals surface area contributed by atoms with E-state index in [-0.39, 0.29) is 5.91 Å². The lowest BCUT2D eigenvalue weighted by molar-refractivity contribution is 0.0979. The third kappa shape index (κ3) is 2.22. The number of nitrogens with zero attached hydrogens (tertiary/aromatic N) is 3. The van der Waals surface area contributed by atoms with Crippen LogP contribution in [-0.2, 0) is 6.42 Å². The van der Waals surface area contributed by atoms with Gasteiger partial charge in [0.1, 0.15) is 5.82 Å². The van der Waals surface area contributed by atoms with Crippen LogP contribution in [0, 0.1) is 6.92 Å². The average Bonchev–Trinajstić information content (AvgIpc) is 2.46. The summed E-state index contributed by atoms with van der Waals surface area (Å²) in [5.74, 6) is 0.193. The van der Waals surface area contributed by atoms with Gasteiger partial charge in [-0.25, -0.2) is 0 Å². The second-order valence-corrected chi connectivity index (χ2v) is 5.04. The Balaban J connectivity index is 1.96. The third-order valence-corrected chi connectivity index (χ3v) is 3.50. The van der Waals surface area contributed by atoms with E-state index >= 15 is 0 Å². The zero-order chi connectivity index (χ0) is 14.1. The molecular weight excluding hydrogens is 252 g/mol. The molecule has 1 aliphatic heterocycles. The van der Waals surface area contributed by atoms with Gasteiger partial charge in [-0.15, -0.1) is 10.2 Å². The van der Waals surface area contributed by atoms with Crippen molar-refractivity contribution >= 4 is 17.4 Å². The summed E-state index contributed by atoms with van der Waals surface area (Å²) in [4.78, 5) is 14.3. The van der Waals surface area contributed by atoms with Crippen molar-refractivity contribution in [2.75, 3.05) is 17.2 Å². The number of fused-ring (bicyclic) bond motifs is 1. The van der Waals surface area contributed by atoms with Gasteiger partial charge in [-0.3, -0.25) is 4.79 Å². The standard InChI is InChI=1S/C15H16N4O/c1-10-4-6-13-11(9-10)3-2-8-19(13)15(20)12-5-7-14(16)18-17-12/h4-7,9H,2-3,8H2,1H3,(H2,16,18). The number of aromatic nitrogens is 2. The van der Waals surface area contributed by atoms with Gasteiger partial charge in [0.2, 0.25) is 0 Å². The highest BCUT2D eigenvalue weighted by Gasteiger charge is 2.24. The van der Waals surface area contributed by atoms with Crippen molar-refractivity contribution in [3.8, 4) is 0 Å². The van der Waals surface area contributed by atoms with E-state index in [0.29, 0.717) is 18.1 Å². The minimum absolute atomic E-state index is 0.123. The van der Waals surface area contributed by atoms with E-state index in [4.69, 9.17) is 5.73 Å². The largest absolute Gasteiger partial charge is 0.382 e. The fourth-order valence-corrected chi connectivity index (χ4v) is 2.53. The van der Waals surface area contributed by atoms with Gasteiger partial charge < -0.3 is 10.6 Å². The number of rotatable bonds is 1. The number of nitrogen functional groups attached to an aromatic ring is 1. The molecule has 0 saturated carbocycles. The quantitative estimate of drug-likeness (QED) is 0.858. The number of amides is 1. The van der Waals surface area contributed by atoms with Crippen LogP contribution in [-0.4, -0.2) is 22.6 Å². The summed E-state index contributed by atoms with van der Waals surface area (Å²) >= 11 is 0. The van der Waals surface area contributed by atoms with Gasteiger partial charge in [-0.1, -0.05) is 17.7 Å². The number of hydrogen-bond acceptors (Lipinski definition) is 4. The van der Waals surface area contributed by atoms with Crippen molar-refractivity contribution in [3.63, 3.8) is 0 Å². The number of benzene rings is 1. The summed E-state index contributed by atoms with van der Waals surface area (Å²) in [6.07, 6.45) is 1.97. The van der Waals surface area contributed by atoms with Crippen molar-refractivity contribution in [3.05, 3.63) is 47.2 Å². The molecule has 2 aromatic rings. The summed E-state index contributed by atoms with van der Waals surface area (Å²) in [7, 11) is 0. The first-order chi connectivity index (χ1) is 9.65. The Bertz CT molecular complexity index is 651. The topological polar surface area (TPSA) is 72.1 Å². The Morgan fingerprint density at radius 1 is 1.25 bits per heavy atom. The first kappa shape index (κ1) is 12.6. The average molecular weight is 268 g/mol. The van der Waals surface area contributed by atoms with Crippen LogP contribution in [0.15, 0.2) is 30.3 Å². The number of hydrogen-bond donors (Lipinski definition) is 1. The maximum Gasteiger partial charge on any atom is 0.278 e. The molecule has 0 saturated heterocycles. The van der Waals surface area contributed by atoms with Crippen LogP contribution in [0.3, 0.4) is 0 Å². The van der Waals surface area contributed by atoms with E-state index in [1.807, 2.05) is 12.1 Å². The molecule has 1 aromatic heterocycles. The van der Waals surface area contributed by atoms with Gasteiger partial charge in [0.05, 0.1) is 0 Å². The number of aryl methyl sites for hydroxylation is 2. The Kier molecular flexibility index (Phi) is 3.10. The molecule has 20 heavy (non-hydrogen) atoms. The van der Waals surface area contributed by atoms with Crippen molar-refractivity contribution in [2.24, 2.45) is 0 Å². The number of carbonyl (C=O) groups is 1. The minimum Gasteiger partial charge on any atom is -0.382 e. The zero-order valence-corrected chi connectivity index (χ0v) is 11.3. The summed E-state index contributed by atoms with van der Waals surface area (Å²) in [6.45, 7) is 2.77. The normalized spacial score (nSPS) is 13.9. The van der Waals surface area contributed by atoms with Gasteiger partial charge in [0.25, 0.3) is 5.91 Å². The van der Waals surface area contributed by atoms with E-state index in [0.717, 1.165) is 18.5 Å². The highest BCUT2D eigenvalue weighted by molar-refractivity contribution is 6.05. The van der Waals surface area contributed by atoms with Crippen LogP contribution in [0.4, 0.5) is 11.5 Å². The molecular formula is C15H16N4O. The summed E-state index contributed by atoms with van der Waals surface area (Å²) in [5.41, 5.74) is 9.23. The Morgan fingerprint density at radius 3 is 2.85 bits per heavy atom. The minimum atomic E-state index is -0.123. The first-order valence-corrected chi connectivity index (χ1v) is 6.66. The predicted molar refractivity (Wildman–Crippen MR) is 77.6 cm³/mol. The fourth-order valence-electron chi connectivity index (χ4n) is 2.53. The lowest BCUT2D eigenvalue weighted by Gasteiger charge is -2.29. The van der Waals surface area contributed by atoms with Crippen molar-refractivity contribution in [2.45, 2.75) is 19.8 Å². The molecule has 3 rings (SSSR count). The van der Waals surface area contributed by atoms with Crippen LogP contribution < -0.4 is 10.6 Å². The predicted octanol–water partition coefficient (Wildman–Crippen LogP) is 1.96. The zero-order valence-electron chi connectivity index (χ0n) is 11.3. The van der Waals surface area contributed by atoms with Crippen LogP contribution >= 0.6 is 0 Å². The van der Waals surface area contributed by atoms with E-state index in [1.165, 1.54) is 11.1 Å². The Labute approximate surface area is 117 Å². The summed E-state index contributed by atoms with van der Waals surface area (Å²) in [5, 5.41) is 7.62. The van der Waals surface area contributed by atoms with Crippen LogP contribution in [0.25, 0.3) is 0 Å². The molecule has 2 heterocycles. The molecule has 5 heteroatoms. The molecule has 0 spiro atoms. The van der Waals surface area contributed by atoms with Gasteiger partial charge in [-0.05, 0) is 43.5 Å². The number of carbonyl (C=O) groups excluding carboxylic acids is 1. The molecule has 0 aliphatic carbocycles. The molecule has 1 aromatic carbocycles. The van der Waals surface area contributed by atoms with E-state index in [9.17, 15) is 4.79 Å². The molecule has 0 unspecified atom stereocenters. The van der Waals surface area contributed by atoms with Crippen molar-refractivity contribution < 1.29 is 4.79 Å². The van der Waals surface area contributed by atoms with Crippen molar-refractivity contribution in [1.82, 2.24) is 10.2 Å². The fraction of sp³-hybridized carbons (Fsp3) is 0.267. The maximum absolute atomic E-state index is 12.5. The maximum atomic E-state index is 12.5. The molecule has 102 valence electrons. The molecule has 5 nitrogen and oxygen atoms in total. The van der Waals surface area contributed by atoms with E-state index < -0.39 is 0 Å². The Hall–Kier alpha value is -2.43. The molecule has 0 bridgehead atoms. The Morgan fingerprint density at radius 2 is 2.10 bits per heavy atom. The molecule has 1 aliphatic rings. The summed E-state index contributed by atoms with van der Waals surface area (Å²) < 4.78 is 0. The van der Waals surface area contributed by atoms with Crippen LogP contribution in [0.1, 0.15) is 28.0 Å². The monoisotopic (exact) mass is 268 g/mol. The second-order valence-electron chi connectivity index (χ2n) is 5.04. The van der Waals surface area contributed by atoms with Gasteiger partial charge in [0.15, 0.2) is 5.69 Å². The SMILES string of the molecule is Cc1ccc2c(c1)CCCN2C(=O)c1ccc(N)nn1. The molecule has 2 N–H and O–H groups in total. The lowest BCUT2D eigenvalue weighted by atomic mass is 9.99.